The summed E-state index contributed by atoms with van der Waals surface area (Å²) in [5.41, 5.74) is 1.40. The van der Waals surface area contributed by atoms with E-state index in [4.69, 9.17) is 16.3 Å². The normalized spacial score (nSPS) is 14.2. The molecule has 1 saturated heterocycles. The van der Waals surface area contributed by atoms with Gasteiger partial charge in [-0.1, -0.05) is 11.6 Å². The van der Waals surface area contributed by atoms with E-state index >= 15 is 0 Å². The van der Waals surface area contributed by atoms with Crippen LogP contribution in [0.15, 0.2) is 48.5 Å². The average molecular weight is 373 g/mol. The summed E-state index contributed by atoms with van der Waals surface area (Å²) < 4.78 is 5.54. The highest BCUT2D eigenvalue weighted by Crippen LogP contribution is 2.21. The van der Waals surface area contributed by atoms with Gasteiger partial charge in [0.1, 0.15) is 12.4 Å². The fraction of sp³-hybridized carbons (Fsp3) is 0.300. The highest BCUT2D eigenvalue weighted by Gasteiger charge is 2.19. The number of ether oxygens (including phenoxy) is 1. The highest BCUT2D eigenvalue weighted by atomic mass is 35.5. The Labute approximate surface area is 157 Å². The van der Waals surface area contributed by atoms with Crippen molar-refractivity contribution in [2.24, 2.45) is 0 Å². The van der Waals surface area contributed by atoms with E-state index in [1.165, 1.54) is 0 Å². The summed E-state index contributed by atoms with van der Waals surface area (Å²) in [5.74, 6) is 0.688. The molecule has 1 aliphatic rings. The van der Waals surface area contributed by atoms with Gasteiger partial charge in [0.05, 0.1) is 6.54 Å². The van der Waals surface area contributed by atoms with Crippen molar-refractivity contribution in [1.29, 1.82) is 0 Å². The molecule has 0 spiro atoms. The topological polar surface area (TPSA) is 58.6 Å². The predicted octanol–water partition coefficient (Wildman–Crippen LogP) is 3.67. The summed E-state index contributed by atoms with van der Waals surface area (Å²) in [6.45, 7) is 1.51. The number of benzene rings is 2. The minimum atomic E-state index is -0.166. The summed E-state index contributed by atoms with van der Waals surface area (Å²) in [4.78, 5) is 25.9. The number of nitrogens with one attached hydrogen (secondary N) is 1. The van der Waals surface area contributed by atoms with E-state index in [0.29, 0.717) is 35.9 Å². The molecule has 2 aromatic carbocycles. The lowest BCUT2D eigenvalue weighted by molar-refractivity contribution is -0.119. The van der Waals surface area contributed by atoms with E-state index < -0.39 is 0 Å². The average Bonchev–Trinajstić information content (AvgIpc) is 2.67. The van der Waals surface area contributed by atoms with Crippen LogP contribution in [0.1, 0.15) is 29.6 Å². The van der Waals surface area contributed by atoms with E-state index in [-0.39, 0.29) is 11.8 Å². The minimum absolute atomic E-state index is 0.146. The number of amides is 2. The summed E-state index contributed by atoms with van der Waals surface area (Å²) in [6, 6.07) is 14.2. The van der Waals surface area contributed by atoms with E-state index in [2.05, 4.69) is 5.32 Å². The Hall–Kier alpha value is -2.53. The lowest BCUT2D eigenvalue weighted by Gasteiger charge is -2.26. The molecule has 2 aromatic rings. The second-order valence-corrected chi connectivity index (χ2v) is 6.54. The van der Waals surface area contributed by atoms with E-state index in [1.807, 2.05) is 12.1 Å². The molecule has 0 bridgehead atoms. The van der Waals surface area contributed by atoms with Crippen LogP contribution < -0.4 is 15.0 Å². The van der Waals surface area contributed by atoms with Crippen LogP contribution in [0.25, 0.3) is 0 Å². The molecule has 0 saturated carbocycles. The number of hydrogen-bond acceptors (Lipinski definition) is 3. The van der Waals surface area contributed by atoms with Crippen molar-refractivity contribution in [3.8, 4) is 5.75 Å². The molecule has 5 nitrogen and oxygen atoms in total. The summed E-state index contributed by atoms with van der Waals surface area (Å²) in [6.07, 6.45) is 2.56. The number of hydrogen-bond donors (Lipinski definition) is 1. The minimum Gasteiger partial charge on any atom is -0.492 e. The molecule has 26 heavy (non-hydrogen) atoms. The molecule has 0 aromatic heterocycles. The van der Waals surface area contributed by atoms with Gasteiger partial charge in [0, 0.05) is 29.2 Å². The smallest absolute Gasteiger partial charge is 0.251 e. The van der Waals surface area contributed by atoms with Crippen LogP contribution in [0.4, 0.5) is 5.69 Å². The molecule has 0 aliphatic carbocycles. The summed E-state index contributed by atoms with van der Waals surface area (Å²) >= 11 is 5.82. The van der Waals surface area contributed by atoms with Gasteiger partial charge in [0.25, 0.3) is 5.91 Å². The molecule has 0 unspecified atom stereocenters. The zero-order chi connectivity index (χ0) is 18.4. The van der Waals surface area contributed by atoms with Crippen molar-refractivity contribution in [2.45, 2.75) is 19.3 Å². The van der Waals surface area contributed by atoms with Crippen LogP contribution in [-0.4, -0.2) is 31.5 Å². The van der Waals surface area contributed by atoms with Gasteiger partial charge in [0.2, 0.25) is 5.91 Å². The van der Waals surface area contributed by atoms with Gasteiger partial charge in [-0.2, -0.15) is 0 Å². The molecule has 0 atom stereocenters. The maximum atomic E-state index is 12.2. The van der Waals surface area contributed by atoms with Gasteiger partial charge < -0.3 is 15.0 Å². The highest BCUT2D eigenvalue weighted by molar-refractivity contribution is 6.30. The second kappa shape index (κ2) is 8.72. The largest absolute Gasteiger partial charge is 0.492 e. The lowest BCUT2D eigenvalue weighted by Crippen LogP contribution is -2.35. The number of carbonyl (C=O) groups excluding carboxylic acids is 2. The molecule has 6 heteroatoms. The Kier molecular flexibility index (Phi) is 6.12. The molecular weight excluding hydrogens is 352 g/mol. The maximum Gasteiger partial charge on any atom is 0.251 e. The molecule has 3 rings (SSSR count). The SMILES string of the molecule is O=C(NCCOc1ccc(Cl)cc1)c1ccc(N2CCCCC2=O)cc1. The van der Waals surface area contributed by atoms with Crippen LogP contribution in [0, 0.1) is 0 Å². The Morgan fingerprint density at radius 2 is 1.81 bits per heavy atom. The molecule has 2 amide bonds. The van der Waals surface area contributed by atoms with Gasteiger partial charge in [-0.15, -0.1) is 0 Å². The van der Waals surface area contributed by atoms with Crippen LogP contribution in [-0.2, 0) is 4.79 Å². The predicted molar refractivity (Wildman–Crippen MR) is 102 cm³/mol. The van der Waals surface area contributed by atoms with Crippen molar-refractivity contribution in [3.63, 3.8) is 0 Å². The quantitative estimate of drug-likeness (QED) is 0.787. The Morgan fingerprint density at radius 1 is 1.08 bits per heavy atom. The van der Waals surface area contributed by atoms with Gasteiger partial charge in [-0.25, -0.2) is 0 Å². The standard InChI is InChI=1S/C20H21ClN2O3/c21-16-6-10-18(11-7-16)26-14-12-22-20(25)15-4-8-17(9-5-15)23-13-2-1-3-19(23)24/h4-11H,1-3,12-14H2,(H,22,25). The molecule has 136 valence electrons. The molecule has 1 heterocycles. The summed E-state index contributed by atoms with van der Waals surface area (Å²) in [5, 5.41) is 3.47. The van der Waals surface area contributed by atoms with E-state index in [1.54, 1.807) is 41.3 Å². The molecule has 1 N–H and O–H groups in total. The monoisotopic (exact) mass is 372 g/mol. The number of rotatable bonds is 6. The zero-order valence-corrected chi connectivity index (χ0v) is 15.2. The second-order valence-electron chi connectivity index (χ2n) is 6.11. The van der Waals surface area contributed by atoms with Crippen molar-refractivity contribution in [1.82, 2.24) is 5.32 Å². The van der Waals surface area contributed by atoms with Gasteiger partial charge in [-0.3, -0.25) is 9.59 Å². The van der Waals surface area contributed by atoms with Crippen LogP contribution in [0.3, 0.4) is 0 Å². The third-order valence-corrected chi connectivity index (χ3v) is 4.49. The first kappa shape index (κ1) is 18.3. The van der Waals surface area contributed by atoms with Crippen LogP contribution in [0.5, 0.6) is 5.75 Å². The van der Waals surface area contributed by atoms with E-state index in [9.17, 15) is 9.59 Å². The molecular formula is C20H21ClN2O3. The van der Waals surface area contributed by atoms with Crippen molar-refractivity contribution in [3.05, 3.63) is 59.1 Å². The summed E-state index contributed by atoms with van der Waals surface area (Å²) in [7, 11) is 0. The Morgan fingerprint density at radius 3 is 2.50 bits per heavy atom. The molecule has 0 radical (unpaired) electrons. The lowest BCUT2D eigenvalue weighted by atomic mass is 10.1. The third-order valence-electron chi connectivity index (χ3n) is 4.23. The fourth-order valence-corrected chi connectivity index (χ4v) is 2.96. The third kappa shape index (κ3) is 4.76. The van der Waals surface area contributed by atoms with Gasteiger partial charge in [0.15, 0.2) is 0 Å². The first-order chi connectivity index (χ1) is 12.6. The Bertz CT molecular complexity index is 760. The van der Waals surface area contributed by atoms with Crippen molar-refractivity contribution >= 4 is 29.1 Å². The van der Waals surface area contributed by atoms with E-state index in [0.717, 1.165) is 25.1 Å². The number of piperidine rings is 1. The fourth-order valence-electron chi connectivity index (χ4n) is 2.84. The number of carbonyl (C=O) groups is 2. The zero-order valence-electron chi connectivity index (χ0n) is 14.4. The number of halogens is 1. The first-order valence-corrected chi connectivity index (χ1v) is 9.08. The van der Waals surface area contributed by atoms with Crippen LogP contribution in [0.2, 0.25) is 5.02 Å². The number of anilines is 1. The van der Waals surface area contributed by atoms with Gasteiger partial charge >= 0.3 is 0 Å². The molecule has 1 aliphatic heterocycles. The van der Waals surface area contributed by atoms with Crippen molar-refractivity contribution in [2.75, 3.05) is 24.6 Å². The Balaban J connectivity index is 1.47. The van der Waals surface area contributed by atoms with Gasteiger partial charge in [-0.05, 0) is 61.4 Å². The van der Waals surface area contributed by atoms with Crippen molar-refractivity contribution < 1.29 is 14.3 Å². The first-order valence-electron chi connectivity index (χ1n) is 8.70. The van der Waals surface area contributed by atoms with Crippen LogP contribution >= 0.6 is 11.6 Å². The number of nitrogens with zero attached hydrogens (tertiary/aromatic N) is 1. The maximum absolute atomic E-state index is 12.2. The molecule has 1 fully saturated rings.